The van der Waals surface area contributed by atoms with Crippen molar-refractivity contribution in [3.05, 3.63) is 16.3 Å². The Hall–Kier alpha value is -1.77. The smallest absolute Gasteiger partial charge is 0.313 e. The van der Waals surface area contributed by atoms with E-state index < -0.39 is 5.41 Å². The Labute approximate surface area is 187 Å². The molecular weight excluding hydrogens is 412 g/mol. The SMILES string of the molecule is CCOC(=O)C1(C)CCN(c2nc(CN3CCOCC3)nc3sc4c(c23)CCCC4)C1. The van der Waals surface area contributed by atoms with Gasteiger partial charge in [0, 0.05) is 31.1 Å². The van der Waals surface area contributed by atoms with Gasteiger partial charge >= 0.3 is 5.97 Å². The van der Waals surface area contributed by atoms with Crippen molar-refractivity contribution in [3.8, 4) is 0 Å². The van der Waals surface area contributed by atoms with Gasteiger partial charge in [0.05, 0.1) is 37.2 Å². The summed E-state index contributed by atoms with van der Waals surface area (Å²) >= 11 is 1.85. The maximum atomic E-state index is 12.6. The third-order valence-corrected chi connectivity index (χ3v) is 8.04. The predicted octanol–water partition coefficient (Wildman–Crippen LogP) is 3.18. The first kappa shape index (κ1) is 21.1. The second-order valence-electron chi connectivity index (χ2n) is 9.20. The Morgan fingerprint density at radius 2 is 2.00 bits per heavy atom. The van der Waals surface area contributed by atoms with Gasteiger partial charge in [0.1, 0.15) is 16.5 Å². The van der Waals surface area contributed by atoms with Gasteiger partial charge in [-0.1, -0.05) is 0 Å². The number of esters is 1. The van der Waals surface area contributed by atoms with Crippen molar-refractivity contribution < 1.29 is 14.3 Å². The number of hydrogen-bond acceptors (Lipinski definition) is 8. The van der Waals surface area contributed by atoms with E-state index in [1.54, 1.807) is 0 Å². The van der Waals surface area contributed by atoms with E-state index in [4.69, 9.17) is 19.4 Å². The minimum absolute atomic E-state index is 0.0938. The van der Waals surface area contributed by atoms with Crippen LogP contribution >= 0.6 is 11.3 Å². The molecule has 2 aromatic heterocycles. The summed E-state index contributed by atoms with van der Waals surface area (Å²) in [5.74, 6) is 1.82. The van der Waals surface area contributed by atoms with Crippen LogP contribution in [0.3, 0.4) is 0 Å². The first-order valence-electron chi connectivity index (χ1n) is 11.6. The van der Waals surface area contributed by atoms with Crippen LogP contribution in [0, 0.1) is 5.41 Å². The average Bonchev–Trinajstić information content (AvgIpc) is 3.36. The zero-order valence-corrected chi connectivity index (χ0v) is 19.4. The lowest BCUT2D eigenvalue weighted by atomic mass is 9.90. The molecule has 0 saturated carbocycles. The minimum atomic E-state index is -0.478. The monoisotopic (exact) mass is 444 g/mol. The van der Waals surface area contributed by atoms with Gasteiger partial charge in [0.2, 0.25) is 0 Å². The molecule has 1 aliphatic carbocycles. The van der Waals surface area contributed by atoms with E-state index in [1.807, 2.05) is 25.2 Å². The molecule has 0 aromatic carbocycles. The Kier molecular flexibility index (Phi) is 5.88. The molecule has 2 aliphatic heterocycles. The molecule has 5 rings (SSSR count). The molecule has 0 bridgehead atoms. The number of aryl methyl sites for hydroxylation is 2. The molecule has 1 unspecified atom stereocenters. The van der Waals surface area contributed by atoms with Crippen molar-refractivity contribution in [1.29, 1.82) is 0 Å². The zero-order valence-electron chi connectivity index (χ0n) is 18.6. The fraction of sp³-hybridized carbons (Fsp3) is 0.696. The molecule has 0 spiro atoms. The molecule has 0 radical (unpaired) electrons. The third-order valence-electron chi connectivity index (χ3n) is 6.85. The van der Waals surface area contributed by atoms with Crippen LogP contribution in [0.5, 0.6) is 0 Å². The summed E-state index contributed by atoms with van der Waals surface area (Å²) in [6, 6.07) is 0. The molecular formula is C23H32N4O3S. The second-order valence-corrected chi connectivity index (χ2v) is 10.3. The van der Waals surface area contributed by atoms with Crippen molar-refractivity contribution in [3.63, 3.8) is 0 Å². The van der Waals surface area contributed by atoms with Crippen molar-refractivity contribution in [2.24, 2.45) is 5.41 Å². The van der Waals surface area contributed by atoms with E-state index in [2.05, 4.69) is 9.80 Å². The van der Waals surface area contributed by atoms with Crippen LogP contribution in [0.1, 0.15) is 49.4 Å². The highest BCUT2D eigenvalue weighted by molar-refractivity contribution is 7.19. The molecule has 2 fully saturated rings. The molecule has 0 N–H and O–H groups in total. The molecule has 8 heteroatoms. The van der Waals surface area contributed by atoms with Gasteiger partial charge in [-0.05, 0) is 51.5 Å². The molecule has 7 nitrogen and oxygen atoms in total. The number of anilines is 1. The number of carbonyl (C=O) groups is 1. The lowest BCUT2D eigenvalue weighted by Gasteiger charge is -2.27. The quantitative estimate of drug-likeness (QED) is 0.656. The van der Waals surface area contributed by atoms with Gasteiger partial charge in [-0.15, -0.1) is 11.3 Å². The minimum Gasteiger partial charge on any atom is -0.466 e. The number of rotatable bonds is 5. The van der Waals surface area contributed by atoms with E-state index in [9.17, 15) is 4.79 Å². The van der Waals surface area contributed by atoms with E-state index in [0.717, 1.165) is 75.1 Å². The largest absolute Gasteiger partial charge is 0.466 e. The highest BCUT2D eigenvalue weighted by Gasteiger charge is 2.43. The number of ether oxygens (including phenoxy) is 2. The first-order chi connectivity index (χ1) is 15.1. The van der Waals surface area contributed by atoms with Gasteiger partial charge in [0.25, 0.3) is 0 Å². The van der Waals surface area contributed by atoms with Crippen LogP contribution in [0.25, 0.3) is 10.2 Å². The van der Waals surface area contributed by atoms with Gasteiger partial charge < -0.3 is 14.4 Å². The average molecular weight is 445 g/mol. The highest BCUT2D eigenvalue weighted by Crippen LogP contribution is 2.42. The number of morpholine rings is 1. The molecule has 1 atom stereocenters. The fourth-order valence-electron chi connectivity index (χ4n) is 5.05. The molecule has 31 heavy (non-hydrogen) atoms. The summed E-state index contributed by atoms with van der Waals surface area (Å²) in [5, 5.41) is 1.23. The van der Waals surface area contributed by atoms with Crippen LogP contribution in [0.4, 0.5) is 5.82 Å². The van der Waals surface area contributed by atoms with Crippen molar-refractivity contribution in [2.75, 3.05) is 50.9 Å². The molecule has 2 aromatic rings. The maximum Gasteiger partial charge on any atom is 0.313 e. The number of fused-ring (bicyclic) bond motifs is 3. The molecule has 2 saturated heterocycles. The highest BCUT2D eigenvalue weighted by atomic mass is 32.1. The van der Waals surface area contributed by atoms with Gasteiger partial charge in [-0.2, -0.15) is 0 Å². The van der Waals surface area contributed by atoms with Gasteiger partial charge in [0.15, 0.2) is 0 Å². The first-order valence-corrected chi connectivity index (χ1v) is 12.4. The molecule has 168 valence electrons. The van der Waals surface area contributed by atoms with Crippen molar-refractivity contribution >= 4 is 33.3 Å². The summed E-state index contributed by atoms with van der Waals surface area (Å²) in [4.78, 5) is 30.0. The van der Waals surface area contributed by atoms with Crippen LogP contribution in [-0.2, 0) is 33.7 Å². The van der Waals surface area contributed by atoms with Crippen LogP contribution in [0.15, 0.2) is 0 Å². The predicted molar refractivity (Wildman–Crippen MR) is 122 cm³/mol. The Morgan fingerprint density at radius 3 is 2.81 bits per heavy atom. The Bertz CT molecular complexity index is 971. The normalized spacial score (nSPS) is 24.5. The number of nitrogens with zero attached hydrogens (tertiary/aromatic N) is 4. The van der Waals surface area contributed by atoms with Gasteiger partial charge in [-0.3, -0.25) is 9.69 Å². The summed E-state index contributed by atoms with van der Waals surface area (Å²) in [7, 11) is 0. The number of hydrogen-bond donors (Lipinski definition) is 0. The lowest BCUT2D eigenvalue weighted by Crippen LogP contribution is -2.36. The maximum absolute atomic E-state index is 12.6. The zero-order chi connectivity index (χ0) is 21.4. The van der Waals surface area contributed by atoms with E-state index in [1.165, 1.54) is 28.7 Å². The van der Waals surface area contributed by atoms with Crippen molar-refractivity contribution in [1.82, 2.24) is 14.9 Å². The lowest BCUT2D eigenvalue weighted by molar-refractivity contribution is -0.153. The molecule has 4 heterocycles. The van der Waals surface area contributed by atoms with Crippen molar-refractivity contribution in [2.45, 2.75) is 52.5 Å². The molecule has 0 amide bonds. The Balaban J connectivity index is 1.52. The number of carbonyl (C=O) groups excluding carboxylic acids is 1. The summed E-state index contributed by atoms with van der Waals surface area (Å²) < 4.78 is 10.9. The second kappa shape index (κ2) is 8.64. The fourth-order valence-corrected chi connectivity index (χ4v) is 6.33. The van der Waals surface area contributed by atoms with E-state index in [0.29, 0.717) is 13.2 Å². The number of aromatic nitrogens is 2. The summed E-state index contributed by atoms with van der Waals surface area (Å²) in [5.41, 5.74) is 0.970. The number of thiophene rings is 1. The van der Waals surface area contributed by atoms with Crippen LogP contribution < -0.4 is 4.90 Å². The van der Waals surface area contributed by atoms with E-state index in [-0.39, 0.29) is 5.97 Å². The topological polar surface area (TPSA) is 67.8 Å². The van der Waals surface area contributed by atoms with Crippen LogP contribution in [0.2, 0.25) is 0 Å². The summed E-state index contributed by atoms with van der Waals surface area (Å²) in [6.45, 7) is 9.93. The van der Waals surface area contributed by atoms with Crippen LogP contribution in [-0.4, -0.2) is 66.8 Å². The summed E-state index contributed by atoms with van der Waals surface area (Å²) in [6.07, 6.45) is 5.54. The molecule has 3 aliphatic rings. The van der Waals surface area contributed by atoms with E-state index >= 15 is 0 Å². The Morgan fingerprint density at radius 1 is 1.19 bits per heavy atom. The standard InChI is InChI=1S/C23H32N4O3S/c1-3-30-22(28)23(2)8-9-27(15-23)20-19-16-6-4-5-7-17(16)31-21(19)25-18(24-20)14-26-10-12-29-13-11-26/h3-15H2,1-2H3. The van der Waals surface area contributed by atoms with Gasteiger partial charge in [-0.25, -0.2) is 9.97 Å². The third kappa shape index (κ3) is 4.05.